The fraction of sp³-hybridized carbons (Fsp3) is 0.136. The quantitative estimate of drug-likeness (QED) is 0.377. The SMILES string of the molecule is CC(=O)Oc1ccc(CCP(c2ccccc2)c2ccccc2)cc1. The maximum atomic E-state index is 11.0. The van der Waals surface area contributed by atoms with Crippen LogP contribution in [0.1, 0.15) is 12.5 Å². The first-order valence-corrected chi connectivity index (χ1v) is 9.90. The van der Waals surface area contributed by atoms with Gasteiger partial charge in [-0.3, -0.25) is 4.79 Å². The molecule has 2 nitrogen and oxygen atoms in total. The van der Waals surface area contributed by atoms with Crippen LogP contribution in [0.25, 0.3) is 0 Å². The number of hydrogen-bond donors (Lipinski definition) is 0. The van der Waals surface area contributed by atoms with E-state index in [1.165, 1.54) is 23.1 Å². The Kier molecular flexibility index (Phi) is 5.98. The molecule has 0 spiro atoms. The van der Waals surface area contributed by atoms with Gasteiger partial charge in [0.2, 0.25) is 0 Å². The summed E-state index contributed by atoms with van der Waals surface area (Å²) in [5.41, 5.74) is 1.26. The van der Waals surface area contributed by atoms with E-state index in [9.17, 15) is 4.79 Å². The van der Waals surface area contributed by atoms with Gasteiger partial charge in [-0.15, -0.1) is 0 Å². The van der Waals surface area contributed by atoms with Gasteiger partial charge in [-0.2, -0.15) is 0 Å². The molecule has 3 rings (SSSR count). The second kappa shape index (κ2) is 8.60. The molecule has 0 saturated heterocycles. The Morgan fingerprint density at radius 3 is 1.80 bits per heavy atom. The van der Waals surface area contributed by atoms with E-state index < -0.39 is 0 Å². The van der Waals surface area contributed by atoms with E-state index in [1.807, 2.05) is 24.3 Å². The zero-order valence-corrected chi connectivity index (χ0v) is 15.2. The predicted octanol–water partition coefficient (Wildman–Crippen LogP) is 4.29. The molecule has 0 atom stereocenters. The van der Waals surface area contributed by atoms with Crippen LogP contribution in [0.15, 0.2) is 84.9 Å². The number of benzene rings is 3. The van der Waals surface area contributed by atoms with Gasteiger partial charge in [0.05, 0.1) is 0 Å². The lowest BCUT2D eigenvalue weighted by Gasteiger charge is -2.19. The van der Waals surface area contributed by atoms with Crippen molar-refractivity contribution in [2.75, 3.05) is 6.16 Å². The van der Waals surface area contributed by atoms with Crippen molar-refractivity contribution in [2.24, 2.45) is 0 Å². The molecule has 3 aromatic rings. The molecule has 0 saturated carbocycles. The maximum absolute atomic E-state index is 11.0. The van der Waals surface area contributed by atoms with Crippen LogP contribution in [-0.2, 0) is 11.2 Å². The summed E-state index contributed by atoms with van der Waals surface area (Å²) in [5, 5.41) is 2.81. The maximum Gasteiger partial charge on any atom is 0.308 e. The average molecular weight is 348 g/mol. The minimum Gasteiger partial charge on any atom is -0.427 e. The van der Waals surface area contributed by atoms with Crippen molar-refractivity contribution in [3.8, 4) is 5.75 Å². The topological polar surface area (TPSA) is 26.3 Å². The fourth-order valence-electron chi connectivity index (χ4n) is 2.75. The third-order valence-electron chi connectivity index (χ3n) is 3.94. The summed E-state index contributed by atoms with van der Waals surface area (Å²) in [6, 6.07) is 29.3. The Labute approximate surface area is 150 Å². The van der Waals surface area contributed by atoms with Gasteiger partial charge in [0.1, 0.15) is 5.75 Å². The number of hydrogen-bond acceptors (Lipinski definition) is 2. The van der Waals surface area contributed by atoms with Gasteiger partial charge in [-0.25, -0.2) is 0 Å². The van der Waals surface area contributed by atoms with E-state index in [2.05, 4.69) is 60.7 Å². The van der Waals surface area contributed by atoms with E-state index in [1.54, 1.807) is 0 Å². The minimum atomic E-state index is -0.381. The van der Waals surface area contributed by atoms with Crippen molar-refractivity contribution < 1.29 is 9.53 Å². The molecular weight excluding hydrogens is 327 g/mol. The van der Waals surface area contributed by atoms with Crippen molar-refractivity contribution >= 4 is 24.5 Å². The second-order valence-electron chi connectivity index (χ2n) is 5.81. The summed E-state index contributed by atoms with van der Waals surface area (Å²) < 4.78 is 5.10. The first-order valence-electron chi connectivity index (χ1n) is 8.37. The van der Waals surface area contributed by atoms with Crippen LogP contribution in [0.3, 0.4) is 0 Å². The smallest absolute Gasteiger partial charge is 0.308 e. The molecule has 0 aliphatic carbocycles. The van der Waals surface area contributed by atoms with Crippen LogP contribution in [0.5, 0.6) is 5.75 Å². The van der Waals surface area contributed by atoms with Crippen LogP contribution < -0.4 is 15.3 Å². The summed E-state index contributed by atoms with van der Waals surface area (Å²) in [6.45, 7) is 1.42. The Morgan fingerprint density at radius 1 is 0.800 bits per heavy atom. The lowest BCUT2D eigenvalue weighted by molar-refractivity contribution is -0.131. The standard InChI is InChI=1S/C22H21O2P/c1-18(23)24-20-14-12-19(13-15-20)16-17-25(21-8-4-2-5-9-21)22-10-6-3-7-11-22/h2-15H,16-17H2,1H3. The highest BCUT2D eigenvalue weighted by Gasteiger charge is 2.13. The second-order valence-corrected chi connectivity index (χ2v) is 8.15. The van der Waals surface area contributed by atoms with Crippen LogP contribution in [0.4, 0.5) is 0 Å². The molecular formula is C22H21O2P. The third-order valence-corrected chi connectivity index (χ3v) is 6.46. The zero-order valence-electron chi connectivity index (χ0n) is 14.3. The lowest BCUT2D eigenvalue weighted by Crippen LogP contribution is -2.14. The molecule has 0 bridgehead atoms. The molecule has 0 N–H and O–H groups in total. The molecule has 126 valence electrons. The normalized spacial score (nSPS) is 10.6. The molecule has 0 radical (unpaired) electrons. The summed E-state index contributed by atoms with van der Waals surface area (Å²) in [7, 11) is -0.381. The molecule has 0 aromatic heterocycles. The number of carbonyl (C=O) groups is 1. The molecule has 0 amide bonds. The molecule has 3 heteroatoms. The van der Waals surface area contributed by atoms with Crippen LogP contribution in [0, 0.1) is 0 Å². The Hall–Kier alpha value is -2.44. The molecule has 0 heterocycles. The lowest BCUT2D eigenvalue weighted by atomic mass is 10.2. The molecule has 0 aliphatic rings. The van der Waals surface area contributed by atoms with Crippen molar-refractivity contribution in [3.63, 3.8) is 0 Å². The molecule has 0 fully saturated rings. The number of aryl methyl sites for hydroxylation is 1. The zero-order chi connectivity index (χ0) is 17.5. The van der Waals surface area contributed by atoms with E-state index in [-0.39, 0.29) is 13.9 Å². The summed E-state index contributed by atoms with van der Waals surface area (Å²) in [5.74, 6) is 0.314. The molecule has 25 heavy (non-hydrogen) atoms. The largest absolute Gasteiger partial charge is 0.427 e. The minimum absolute atomic E-state index is 0.288. The van der Waals surface area contributed by atoms with Gasteiger partial charge in [0, 0.05) is 6.92 Å². The van der Waals surface area contributed by atoms with Crippen molar-refractivity contribution in [3.05, 3.63) is 90.5 Å². The third kappa shape index (κ3) is 5.01. The van der Waals surface area contributed by atoms with Gasteiger partial charge in [-0.1, -0.05) is 72.8 Å². The Balaban J connectivity index is 1.74. The first kappa shape index (κ1) is 17.4. The van der Waals surface area contributed by atoms with Crippen molar-refractivity contribution in [1.82, 2.24) is 0 Å². The number of carbonyl (C=O) groups excluding carboxylic acids is 1. The van der Waals surface area contributed by atoms with Crippen LogP contribution >= 0.6 is 7.92 Å². The van der Waals surface area contributed by atoms with Crippen molar-refractivity contribution in [1.29, 1.82) is 0 Å². The highest BCUT2D eigenvalue weighted by atomic mass is 31.1. The Bertz CT molecular complexity index is 759. The van der Waals surface area contributed by atoms with Gasteiger partial charge in [-0.05, 0) is 48.8 Å². The summed E-state index contributed by atoms with van der Waals surface area (Å²) in [6.07, 6.45) is 2.09. The van der Waals surface area contributed by atoms with E-state index in [0.717, 1.165) is 12.6 Å². The van der Waals surface area contributed by atoms with Gasteiger partial charge in [0.15, 0.2) is 0 Å². The van der Waals surface area contributed by atoms with E-state index in [4.69, 9.17) is 4.74 Å². The van der Waals surface area contributed by atoms with Crippen LogP contribution in [-0.4, -0.2) is 12.1 Å². The highest BCUT2D eigenvalue weighted by Crippen LogP contribution is 2.34. The van der Waals surface area contributed by atoms with Crippen LogP contribution in [0.2, 0.25) is 0 Å². The van der Waals surface area contributed by atoms with Crippen molar-refractivity contribution in [2.45, 2.75) is 13.3 Å². The molecule has 3 aromatic carbocycles. The first-order chi connectivity index (χ1) is 12.2. The van der Waals surface area contributed by atoms with Gasteiger partial charge >= 0.3 is 5.97 Å². The summed E-state index contributed by atoms with van der Waals surface area (Å²) >= 11 is 0. The average Bonchev–Trinajstić information content (AvgIpc) is 2.65. The fourth-order valence-corrected chi connectivity index (χ4v) is 5.11. The predicted molar refractivity (Wildman–Crippen MR) is 105 cm³/mol. The number of esters is 1. The number of rotatable bonds is 6. The van der Waals surface area contributed by atoms with E-state index >= 15 is 0 Å². The monoisotopic (exact) mass is 348 g/mol. The van der Waals surface area contributed by atoms with Gasteiger partial charge < -0.3 is 4.74 Å². The van der Waals surface area contributed by atoms with E-state index in [0.29, 0.717) is 5.75 Å². The molecule has 0 aliphatic heterocycles. The summed E-state index contributed by atoms with van der Waals surface area (Å²) in [4.78, 5) is 11.0. The highest BCUT2D eigenvalue weighted by molar-refractivity contribution is 7.73. The Morgan fingerprint density at radius 2 is 1.32 bits per heavy atom. The molecule has 0 unspecified atom stereocenters. The van der Waals surface area contributed by atoms with Gasteiger partial charge in [0.25, 0.3) is 0 Å². The number of ether oxygens (including phenoxy) is 1.